The van der Waals surface area contributed by atoms with Gasteiger partial charge in [0.1, 0.15) is 5.54 Å². The number of anilines is 1. The van der Waals surface area contributed by atoms with E-state index >= 15 is 0 Å². The van der Waals surface area contributed by atoms with Crippen LogP contribution in [0.2, 0.25) is 0 Å². The van der Waals surface area contributed by atoms with Crippen molar-refractivity contribution in [3.63, 3.8) is 0 Å². The second-order valence-electron chi connectivity index (χ2n) is 7.84. The van der Waals surface area contributed by atoms with Gasteiger partial charge >= 0.3 is 11.5 Å². The number of halogens is 3. The molecule has 4 amide bonds. The third-order valence-electron chi connectivity index (χ3n) is 5.03. The van der Waals surface area contributed by atoms with E-state index in [0.717, 1.165) is 4.90 Å². The summed E-state index contributed by atoms with van der Waals surface area (Å²) in [6.07, 6.45) is 2.90. The highest BCUT2D eigenvalue weighted by Gasteiger charge is 2.52. The second kappa shape index (κ2) is 8.45. The van der Waals surface area contributed by atoms with Crippen LogP contribution in [0.3, 0.4) is 0 Å². The number of rotatable bonds is 5. The first kappa shape index (κ1) is 23.6. The van der Waals surface area contributed by atoms with Crippen LogP contribution in [-0.4, -0.2) is 57.8 Å². The Balaban J connectivity index is 1.91. The Morgan fingerprint density at radius 1 is 1.12 bits per heavy atom. The molecular weight excluding hydrogens is 445 g/mol. The van der Waals surface area contributed by atoms with Gasteiger partial charge in [-0.3, -0.25) is 14.6 Å². The number of amides is 4. The Kier molecular flexibility index (Phi) is 6.23. The molecule has 1 saturated heterocycles. The molecule has 0 bridgehead atoms. The molecule has 32 heavy (non-hydrogen) atoms. The fourth-order valence-electron chi connectivity index (χ4n) is 3.29. The van der Waals surface area contributed by atoms with E-state index in [2.05, 4.69) is 4.98 Å². The van der Waals surface area contributed by atoms with Crippen LogP contribution in [0.25, 0.3) is 0 Å². The molecule has 7 nitrogen and oxygen atoms in total. The van der Waals surface area contributed by atoms with Gasteiger partial charge in [0.25, 0.3) is 11.8 Å². The molecule has 0 atom stereocenters. The van der Waals surface area contributed by atoms with Crippen LogP contribution in [0.15, 0.2) is 47.6 Å². The lowest BCUT2D eigenvalue weighted by molar-refractivity contribution is -0.123. The number of imide groups is 1. The number of hydrogen-bond donors (Lipinski definition) is 0. The molecule has 3 rings (SSSR count). The normalized spacial score (nSPS) is 16.0. The molecule has 0 saturated carbocycles. The van der Waals surface area contributed by atoms with Crippen molar-refractivity contribution < 1.29 is 27.6 Å². The smallest absolute Gasteiger partial charge is 0.345 e. The van der Waals surface area contributed by atoms with Crippen LogP contribution in [-0.2, 0) is 11.3 Å². The summed E-state index contributed by atoms with van der Waals surface area (Å²) < 4.78 is 37.7. The largest absolute Gasteiger partial charge is 0.446 e. The summed E-state index contributed by atoms with van der Waals surface area (Å²) in [6.45, 7) is 3.14. The van der Waals surface area contributed by atoms with Crippen molar-refractivity contribution >= 4 is 35.3 Å². The lowest BCUT2D eigenvalue weighted by atomic mass is 10.0. The van der Waals surface area contributed by atoms with Crippen LogP contribution in [0, 0.1) is 0 Å². The molecule has 1 fully saturated rings. The Hall–Kier alpha value is -3.08. The maximum Gasteiger partial charge on any atom is 0.446 e. The molecule has 1 aliphatic heterocycles. The lowest BCUT2D eigenvalue weighted by Gasteiger charge is -2.28. The summed E-state index contributed by atoms with van der Waals surface area (Å²) in [5.41, 5.74) is -4.68. The van der Waals surface area contributed by atoms with E-state index in [-0.39, 0.29) is 34.8 Å². The third kappa shape index (κ3) is 4.57. The van der Waals surface area contributed by atoms with E-state index in [9.17, 15) is 27.6 Å². The average Bonchev–Trinajstić information content (AvgIpc) is 2.87. The minimum absolute atomic E-state index is 0.0203. The Labute approximate surface area is 187 Å². The highest BCUT2D eigenvalue weighted by Crippen LogP contribution is 2.39. The molecule has 0 aliphatic carbocycles. The Bertz CT molecular complexity index is 1060. The van der Waals surface area contributed by atoms with Gasteiger partial charge in [-0.25, -0.2) is 9.69 Å². The third-order valence-corrected chi connectivity index (χ3v) is 5.77. The van der Waals surface area contributed by atoms with E-state index in [1.54, 1.807) is 34.0 Å². The van der Waals surface area contributed by atoms with E-state index in [1.807, 2.05) is 0 Å². The van der Waals surface area contributed by atoms with Crippen molar-refractivity contribution in [3.8, 4) is 0 Å². The fraction of sp³-hybridized carbons (Fsp3) is 0.333. The first-order valence-electron chi connectivity index (χ1n) is 9.49. The van der Waals surface area contributed by atoms with Gasteiger partial charge in [-0.15, -0.1) is 0 Å². The maximum atomic E-state index is 13.2. The molecule has 0 spiro atoms. The first-order valence-corrected chi connectivity index (χ1v) is 10.3. The monoisotopic (exact) mass is 466 g/mol. The summed E-state index contributed by atoms with van der Waals surface area (Å²) in [4.78, 5) is 46.3. The first-order chi connectivity index (χ1) is 14.8. The second-order valence-corrected chi connectivity index (χ2v) is 8.98. The average molecular weight is 466 g/mol. The molecule has 1 aromatic carbocycles. The summed E-state index contributed by atoms with van der Waals surface area (Å²) >= 11 is -0.278. The summed E-state index contributed by atoms with van der Waals surface area (Å²) in [5.74, 6) is -0.813. The van der Waals surface area contributed by atoms with E-state index in [1.165, 1.54) is 46.5 Å². The van der Waals surface area contributed by atoms with E-state index in [4.69, 9.17) is 0 Å². The number of carbonyl (C=O) groups is 3. The number of hydrogen-bond acceptors (Lipinski definition) is 5. The van der Waals surface area contributed by atoms with Gasteiger partial charge in [-0.2, -0.15) is 13.2 Å². The molecule has 1 aliphatic rings. The Morgan fingerprint density at radius 3 is 2.31 bits per heavy atom. The van der Waals surface area contributed by atoms with E-state index < -0.39 is 23.0 Å². The number of thioether (sulfide) groups is 1. The van der Waals surface area contributed by atoms with Crippen molar-refractivity contribution in [2.45, 2.75) is 36.3 Å². The number of pyridine rings is 1. The highest BCUT2D eigenvalue weighted by molar-refractivity contribution is 8.00. The van der Waals surface area contributed by atoms with Crippen molar-refractivity contribution in [2.24, 2.45) is 0 Å². The zero-order valence-corrected chi connectivity index (χ0v) is 18.6. The standard InChI is InChI=1S/C21H21F3N4O3S/c1-20(2)18(30)28(14-5-7-15(8-6-14)32-21(22,23)24)19(31)27(20)12-13-9-10-25-11-16(13)17(29)26(3)4/h5-11H,12H2,1-4H3. The summed E-state index contributed by atoms with van der Waals surface area (Å²) in [6, 6.07) is 6.00. The number of aromatic nitrogens is 1. The number of benzene rings is 1. The number of carbonyl (C=O) groups excluding carboxylic acids is 3. The zero-order valence-electron chi connectivity index (χ0n) is 17.8. The molecule has 170 valence electrons. The highest BCUT2D eigenvalue weighted by atomic mass is 32.2. The number of nitrogens with zero attached hydrogens (tertiary/aromatic N) is 4. The predicted molar refractivity (Wildman–Crippen MR) is 113 cm³/mol. The van der Waals surface area contributed by atoms with Crippen LogP contribution >= 0.6 is 11.8 Å². The van der Waals surface area contributed by atoms with Crippen LogP contribution in [0.1, 0.15) is 29.8 Å². The van der Waals surface area contributed by atoms with Gasteiger partial charge in [0.15, 0.2) is 0 Å². The molecule has 0 unspecified atom stereocenters. The van der Waals surface area contributed by atoms with Gasteiger partial charge in [0, 0.05) is 37.9 Å². The quantitative estimate of drug-likeness (QED) is 0.489. The van der Waals surface area contributed by atoms with Gasteiger partial charge in [0.05, 0.1) is 11.3 Å². The van der Waals surface area contributed by atoms with Gasteiger partial charge < -0.3 is 9.80 Å². The van der Waals surface area contributed by atoms with Gasteiger partial charge in [-0.05, 0) is 61.5 Å². The minimum atomic E-state index is -4.44. The zero-order chi connectivity index (χ0) is 23.8. The number of alkyl halides is 3. The molecule has 2 heterocycles. The molecule has 0 radical (unpaired) electrons. The maximum absolute atomic E-state index is 13.2. The fourth-order valence-corrected chi connectivity index (χ4v) is 3.83. The lowest BCUT2D eigenvalue weighted by Crippen LogP contribution is -2.44. The van der Waals surface area contributed by atoms with Gasteiger partial charge in [-0.1, -0.05) is 0 Å². The minimum Gasteiger partial charge on any atom is -0.345 e. The topological polar surface area (TPSA) is 73.8 Å². The van der Waals surface area contributed by atoms with Crippen molar-refractivity contribution in [3.05, 3.63) is 53.9 Å². The molecule has 11 heteroatoms. The predicted octanol–water partition coefficient (Wildman–Crippen LogP) is 4.14. The molecule has 1 aromatic heterocycles. The van der Waals surface area contributed by atoms with Crippen LogP contribution in [0.5, 0.6) is 0 Å². The summed E-state index contributed by atoms with van der Waals surface area (Å²) in [5, 5.41) is 0. The molecular formula is C21H21F3N4O3S. The van der Waals surface area contributed by atoms with Gasteiger partial charge in [0.2, 0.25) is 0 Å². The molecule has 0 N–H and O–H groups in total. The van der Waals surface area contributed by atoms with Crippen LogP contribution in [0.4, 0.5) is 23.7 Å². The van der Waals surface area contributed by atoms with Crippen molar-refractivity contribution in [1.82, 2.24) is 14.8 Å². The SMILES string of the molecule is CN(C)C(=O)c1cnccc1CN1C(=O)N(c2ccc(SC(F)(F)F)cc2)C(=O)C1(C)C. The summed E-state index contributed by atoms with van der Waals surface area (Å²) in [7, 11) is 3.19. The molecule has 2 aromatic rings. The van der Waals surface area contributed by atoms with Crippen molar-refractivity contribution in [2.75, 3.05) is 19.0 Å². The van der Waals surface area contributed by atoms with E-state index in [0.29, 0.717) is 11.1 Å². The van der Waals surface area contributed by atoms with Crippen LogP contribution < -0.4 is 4.90 Å². The Morgan fingerprint density at radius 2 is 1.75 bits per heavy atom. The number of urea groups is 1. The van der Waals surface area contributed by atoms with Crippen molar-refractivity contribution in [1.29, 1.82) is 0 Å².